The van der Waals surface area contributed by atoms with E-state index in [-0.39, 0.29) is 11.7 Å². The molecule has 1 aromatic heterocycles. The van der Waals surface area contributed by atoms with Crippen LogP contribution >= 0.6 is 0 Å². The molecule has 0 bridgehead atoms. The molecule has 1 fully saturated rings. The second-order valence-electron chi connectivity index (χ2n) is 6.38. The van der Waals surface area contributed by atoms with Crippen LogP contribution in [0.15, 0.2) is 30.3 Å². The van der Waals surface area contributed by atoms with E-state index >= 15 is 0 Å². The smallest absolute Gasteiger partial charge is 0.272 e. The monoisotopic (exact) mass is 367 g/mol. The average Bonchev–Trinajstić information content (AvgIpc) is 2.67. The number of aryl methyl sites for hydroxylation is 1. The van der Waals surface area contributed by atoms with Crippen molar-refractivity contribution in [2.75, 3.05) is 31.5 Å². The molecule has 0 spiro atoms. The van der Waals surface area contributed by atoms with Gasteiger partial charge >= 0.3 is 0 Å². The number of piperazine rings is 1. The highest BCUT2D eigenvalue weighted by Crippen LogP contribution is 2.18. The zero-order valence-corrected chi connectivity index (χ0v) is 15.3. The highest BCUT2D eigenvalue weighted by Gasteiger charge is 2.23. The van der Waals surface area contributed by atoms with Gasteiger partial charge in [-0.2, -0.15) is 0 Å². The molecule has 1 aromatic carbocycles. The number of rotatable bonds is 5. The van der Waals surface area contributed by atoms with Crippen molar-refractivity contribution in [2.45, 2.75) is 13.8 Å². The third-order valence-electron chi connectivity index (χ3n) is 4.37. The van der Waals surface area contributed by atoms with Crippen molar-refractivity contribution >= 4 is 29.6 Å². The van der Waals surface area contributed by atoms with Crippen molar-refractivity contribution in [3.63, 3.8) is 0 Å². The van der Waals surface area contributed by atoms with Gasteiger partial charge in [0.05, 0.1) is 0 Å². The lowest BCUT2D eigenvalue weighted by Crippen LogP contribution is -2.48. The summed E-state index contributed by atoms with van der Waals surface area (Å²) in [6.07, 6.45) is 0.802. The predicted octanol–water partition coefficient (Wildman–Crippen LogP) is 1.65. The molecule has 0 saturated carbocycles. The van der Waals surface area contributed by atoms with Crippen LogP contribution in [0.5, 0.6) is 0 Å². The fourth-order valence-corrected chi connectivity index (χ4v) is 2.87. The van der Waals surface area contributed by atoms with Crippen LogP contribution in [-0.2, 0) is 4.79 Å². The Kier molecular flexibility index (Phi) is 5.44. The van der Waals surface area contributed by atoms with Crippen LogP contribution in [0.4, 0.5) is 11.5 Å². The Morgan fingerprint density at radius 1 is 1.07 bits per heavy atom. The number of aromatic nitrogens is 2. The number of hydrogen-bond donors (Lipinski definition) is 1. The minimum atomic E-state index is -0.180. The number of benzene rings is 1. The van der Waals surface area contributed by atoms with Gasteiger partial charge in [-0.25, -0.2) is 9.97 Å². The topological polar surface area (TPSA) is 95.5 Å². The van der Waals surface area contributed by atoms with Gasteiger partial charge in [0.1, 0.15) is 17.3 Å². The summed E-state index contributed by atoms with van der Waals surface area (Å²) < 4.78 is 0. The van der Waals surface area contributed by atoms with Crippen LogP contribution in [0.1, 0.15) is 33.6 Å². The summed E-state index contributed by atoms with van der Waals surface area (Å²) in [5.41, 5.74) is 1.70. The first-order chi connectivity index (χ1) is 13.0. The van der Waals surface area contributed by atoms with Crippen LogP contribution < -0.4 is 5.32 Å². The number of ketones is 1. The molecule has 1 aliphatic heterocycles. The molecular weight excluding hydrogens is 346 g/mol. The Balaban J connectivity index is 1.75. The standard InChI is InChI=1S/C19H21N5O3/c1-13(26)15-3-5-16(6-4-15)22-18-11-17(20-14(2)21-18)19(27)24-9-7-23(12-25)8-10-24/h3-6,11-12H,7-10H2,1-2H3,(H,20,21,22). The van der Waals surface area contributed by atoms with E-state index in [1.807, 2.05) is 0 Å². The van der Waals surface area contributed by atoms with E-state index in [1.165, 1.54) is 6.92 Å². The Morgan fingerprint density at radius 2 is 1.74 bits per heavy atom. The van der Waals surface area contributed by atoms with E-state index in [9.17, 15) is 14.4 Å². The number of Topliss-reactive ketones (excluding diaryl/α,β-unsaturated/α-hetero) is 1. The molecular formula is C19H21N5O3. The summed E-state index contributed by atoms with van der Waals surface area (Å²) in [5, 5.41) is 3.14. The summed E-state index contributed by atoms with van der Waals surface area (Å²) in [4.78, 5) is 46.8. The van der Waals surface area contributed by atoms with Gasteiger partial charge in [0, 0.05) is 43.5 Å². The molecule has 140 valence electrons. The highest BCUT2D eigenvalue weighted by atomic mass is 16.2. The van der Waals surface area contributed by atoms with E-state index < -0.39 is 0 Å². The minimum absolute atomic E-state index is 0.00184. The maximum absolute atomic E-state index is 12.7. The molecule has 1 N–H and O–H groups in total. The molecule has 2 heterocycles. The number of nitrogens with zero attached hydrogens (tertiary/aromatic N) is 4. The zero-order chi connectivity index (χ0) is 19.4. The van der Waals surface area contributed by atoms with E-state index in [0.717, 1.165) is 12.1 Å². The summed E-state index contributed by atoms with van der Waals surface area (Å²) in [7, 11) is 0. The quantitative estimate of drug-likeness (QED) is 0.638. The molecule has 0 atom stereocenters. The third kappa shape index (κ3) is 4.46. The van der Waals surface area contributed by atoms with Gasteiger partial charge in [-0.3, -0.25) is 14.4 Å². The Hall–Kier alpha value is -3.29. The summed E-state index contributed by atoms with van der Waals surface area (Å²) >= 11 is 0. The number of carbonyl (C=O) groups is 3. The molecule has 0 radical (unpaired) electrons. The van der Waals surface area contributed by atoms with E-state index in [0.29, 0.717) is 49.1 Å². The molecule has 27 heavy (non-hydrogen) atoms. The van der Waals surface area contributed by atoms with Gasteiger partial charge in [-0.05, 0) is 38.1 Å². The first-order valence-electron chi connectivity index (χ1n) is 8.68. The van der Waals surface area contributed by atoms with Crippen molar-refractivity contribution < 1.29 is 14.4 Å². The maximum atomic E-state index is 12.7. The van der Waals surface area contributed by atoms with Gasteiger partial charge in [0.25, 0.3) is 5.91 Å². The Labute approximate surface area is 157 Å². The molecule has 0 aliphatic carbocycles. The molecule has 2 amide bonds. The number of hydrogen-bond acceptors (Lipinski definition) is 6. The van der Waals surface area contributed by atoms with Crippen molar-refractivity contribution in [1.29, 1.82) is 0 Å². The first kappa shape index (κ1) is 18.5. The van der Waals surface area contributed by atoms with Crippen LogP contribution in [0, 0.1) is 6.92 Å². The average molecular weight is 367 g/mol. The molecule has 1 saturated heterocycles. The molecule has 1 aliphatic rings. The van der Waals surface area contributed by atoms with Gasteiger partial charge in [-0.15, -0.1) is 0 Å². The number of anilines is 2. The molecule has 3 rings (SSSR count). The van der Waals surface area contributed by atoms with Gasteiger partial charge < -0.3 is 15.1 Å². The normalized spacial score (nSPS) is 14.0. The number of carbonyl (C=O) groups excluding carboxylic acids is 3. The second-order valence-corrected chi connectivity index (χ2v) is 6.38. The minimum Gasteiger partial charge on any atom is -0.342 e. The zero-order valence-electron chi connectivity index (χ0n) is 15.3. The van der Waals surface area contributed by atoms with Crippen LogP contribution in [0.2, 0.25) is 0 Å². The largest absolute Gasteiger partial charge is 0.342 e. The lowest BCUT2D eigenvalue weighted by Gasteiger charge is -2.32. The van der Waals surface area contributed by atoms with E-state index in [4.69, 9.17) is 0 Å². The summed E-state index contributed by atoms with van der Waals surface area (Å²) in [6, 6.07) is 8.65. The van der Waals surface area contributed by atoms with Crippen molar-refractivity contribution in [3.05, 3.63) is 47.4 Å². The van der Waals surface area contributed by atoms with Crippen LogP contribution in [0.3, 0.4) is 0 Å². The van der Waals surface area contributed by atoms with E-state index in [1.54, 1.807) is 47.1 Å². The third-order valence-corrected chi connectivity index (χ3v) is 4.37. The number of amides is 2. The molecule has 2 aromatic rings. The second kappa shape index (κ2) is 7.94. The van der Waals surface area contributed by atoms with Gasteiger partial charge in [0.15, 0.2) is 5.78 Å². The van der Waals surface area contributed by atoms with Gasteiger partial charge in [-0.1, -0.05) is 0 Å². The Bertz CT molecular complexity index is 858. The fraction of sp³-hybridized carbons (Fsp3) is 0.316. The Morgan fingerprint density at radius 3 is 2.33 bits per heavy atom. The fourth-order valence-electron chi connectivity index (χ4n) is 2.87. The van der Waals surface area contributed by atoms with Crippen molar-refractivity contribution in [2.24, 2.45) is 0 Å². The lowest BCUT2D eigenvalue weighted by atomic mass is 10.1. The maximum Gasteiger partial charge on any atom is 0.272 e. The van der Waals surface area contributed by atoms with Gasteiger partial charge in [0.2, 0.25) is 6.41 Å². The predicted molar refractivity (Wildman–Crippen MR) is 100 cm³/mol. The molecule has 0 unspecified atom stereocenters. The molecule has 8 nitrogen and oxygen atoms in total. The van der Waals surface area contributed by atoms with Crippen molar-refractivity contribution in [3.8, 4) is 0 Å². The lowest BCUT2D eigenvalue weighted by molar-refractivity contribution is -0.119. The summed E-state index contributed by atoms with van der Waals surface area (Å²) in [5.74, 6) is 0.811. The summed E-state index contributed by atoms with van der Waals surface area (Å²) in [6.45, 7) is 5.25. The van der Waals surface area contributed by atoms with Crippen molar-refractivity contribution in [1.82, 2.24) is 19.8 Å². The number of nitrogens with one attached hydrogen (secondary N) is 1. The van der Waals surface area contributed by atoms with Crippen LogP contribution in [-0.4, -0.2) is 64.0 Å². The van der Waals surface area contributed by atoms with Crippen LogP contribution in [0.25, 0.3) is 0 Å². The SMILES string of the molecule is CC(=O)c1ccc(Nc2cc(C(=O)N3CCN(C=O)CC3)nc(C)n2)cc1. The first-order valence-corrected chi connectivity index (χ1v) is 8.68. The van der Waals surface area contributed by atoms with E-state index in [2.05, 4.69) is 15.3 Å². The molecule has 8 heteroatoms. The highest BCUT2D eigenvalue weighted by molar-refractivity contribution is 5.94.